The highest BCUT2D eigenvalue weighted by molar-refractivity contribution is 5.96. The lowest BCUT2D eigenvalue weighted by Gasteiger charge is -2.01. The molecule has 0 aromatic heterocycles. The van der Waals surface area contributed by atoms with E-state index in [-0.39, 0.29) is 30.6 Å². The molecular weight excluding hydrogens is 257 g/mol. The number of esters is 1. The first kappa shape index (κ1) is 14.7. The van der Waals surface area contributed by atoms with Crippen LogP contribution in [0.25, 0.3) is 0 Å². The summed E-state index contributed by atoms with van der Waals surface area (Å²) < 4.78 is 17.5. The van der Waals surface area contributed by atoms with Crippen LogP contribution in [0.2, 0.25) is 0 Å². The summed E-state index contributed by atoms with van der Waals surface area (Å²) in [7, 11) is 1.24. The van der Waals surface area contributed by atoms with E-state index < -0.39 is 22.4 Å². The Balaban J connectivity index is 2.70. The fraction of sp³-hybridized carbons (Fsp3) is 0.333. The number of methoxy groups -OCH3 is 1. The summed E-state index contributed by atoms with van der Waals surface area (Å²) >= 11 is 0. The molecule has 102 valence electrons. The molecule has 0 N–H and O–H groups in total. The van der Waals surface area contributed by atoms with Gasteiger partial charge in [0.15, 0.2) is 5.78 Å². The van der Waals surface area contributed by atoms with E-state index in [0.717, 1.165) is 12.1 Å². The maximum Gasteiger partial charge on any atom is 0.305 e. The second kappa shape index (κ2) is 6.58. The van der Waals surface area contributed by atoms with E-state index in [2.05, 4.69) is 4.74 Å². The molecule has 0 aliphatic heterocycles. The number of carbonyl (C=O) groups excluding carboxylic acids is 2. The van der Waals surface area contributed by atoms with Crippen molar-refractivity contribution in [1.29, 1.82) is 0 Å². The molecule has 0 spiro atoms. The Kier molecular flexibility index (Phi) is 5.11. The van der Waals surface area contributed by atoms with Crippen LogP contribution in [0, 0.1) is 15.9 Å². The normalized spacial score (nSPS) is 10.0. The number of ketones is 1. The minimum absolute atomic E-state index is 0.0396. The number of benzene rings is 1. The van der Waals surface area contributed by atoms with Crippen LogP contribution in [0.3, 0.4) is 0 Å². The third-order valence-corrected chi connectivity index (χ3v) is 2.48. The molecule has 0 bridgehead atoms. The number of hydrogen-bond acceptors (Lipinski definition) is 5. The molecule has 19 heavy (non-hydrogen) atoms. The molecule has 1 aromatic rings. The summed E-state index contributed by atoms with van der Waals surface area (Å²) in [6.45, 7) is 0. The summed E-state index contributed by atoms with van der Waals surface area (Å²) in [5.74, 6) is -1.80. The average molecular weight is 269 g/mol. The van der Waals surface area contributed by atoms with Gasteiger partial charge in [0.05, 0.1) is 12.0 Å². The van der Waals surface area contributed by atoms with Gasteiger partial charge in [-0.15, -0.1) is 0 Å². The first-order chi connectivity index (χ1) is 8.95. The molecule has 1 aromatic carbocycles. The number of halogens is 1. The zero-order valence-electron chi connectivity index (χ0n) is 10.2. The van der Waals surface area contributed by atoms with Crippen LogP contribution in [-0.2, 0) is 9.53 Å². The third-order valence-electron chi connectivity index (χ3n) is 2.48. The first-order valence-corrected chi connectivity index (χ1v) is 5.49. The topological polar surface area (TPSA) is 86.5 Å². The molecule has 0 amide bonds. The van der Waals surface area contributed by atoms with E-state index in [4.69, 9.17) is 0 Å². The Morgan fingerprint density at radius 2 is 2.05 bits per heavy atom. The lowest BCUT2D eigenvalue weighted by molar-refractivity contribution is -0.387. The fourth-order valence-electron chi connectivity index (χ4n) is 1.47. The molecule has 0 unspecified atom stereocenters. The molecule has 0 aliphatic carbocycles. The smallest absolute Gasteiger partial charge is 0.305 e. The maximum atomic E-state index is 13.1. The van der Waals surface area contributed by atoms with Gasteiger partial charge in [0.2, 0.25) is 5.82 Å². The number of nitro groups is 1. The number of carbonyl (C=O) groups is 2. The summed E-state index contributed by atoms with van der Waals surface area (Å²) in [4.78, 5) is 32.2. The lowest BCUT2D eigenvalue weighted by atomic mass is 10.0. The molecule has 0 atom stereocenters. The number of Topliss-reactive ketones (excluding diaryl/α,β-unsaturated/α-hetero) is 1. The summed E-state index contributed by atoms with van der Waals surface area (Å²) in [6.07, 6.45) is 0.403. The van der Waals surface area contributed by atoms with E-state index in [0.29, 0.717) is 0 Å². The van der Waals surface area contributed by atoms with E-state index in [1.807, 2.05) is 0 Å². The molecule has 0 saturated heterocycles. The summed E-state index contributed by atoms with van der Waals surface area (Å²) in [5, 5.41) is 10.5. The standard InChI is InChI=1S/C12H12FNO5/c1-19-12(16)4-2-3-11(15)8-5-6-9(13)10(7-8)14(17)18/h5-7H,2-4H2,1H3. The van der Waals surface area contributed by atoms with E-state index in [1.54, 1.807) is 0 Å². The molecule has 0 fully saturated rings. The number of hydrogen-bond donors (Lipinski definition) is 0. The minimum atomic E-state index is -0.990. The van der Waals surface area contributed by atoms with Gasteiger partial charge >= 0.3 is 11.7 Å². The van der Waals surface area contributed by atoms with E-state index in [1.165, 1.54) is 13.2 Å². The highest BCUT2D eigenvalue weighted by Gasteiger charge is 2.17. The van der Waals surface area contributed by atoms with Gasteiger partial charge < -0.3 is 4.74 Å². The van der Waals surface area contributed by atoms with Gasteiger partial charge in [-0.25, -0.2) is 0 Å². The highest BCUT2D eigenvalue weighted by atomic mass is 19.1. The van der Waals surface area contributed by atoms with Crippen LogP contribution in [-0.4, -0.2) is 23.8 Å². The SMILES string of the molecule is COC(=O)CCCC(=O)c1ccc(F)c([N+](=O)[O-])c1. The van der Waals surface area contributed by atoms with Crippen LogP contribution < -0.4 is 0 Å². The zero-order valence-corrected chi connectivity index (χ0v) is 10.2. The first-order valence-electron chi connectivity index (χ1n) is 5.49. The lowest BCUT2D eigenvalue weighted by Crippen LogP contribution is -2.04. The maximum absolute atomic E-state index is 13.1. The van der Waals surface area contributed by atoms with Gasteiger partial charge in [-0.1, -0.05) is 0 Å². The van der Waals surface area contributed by atoms with Crippen molar-refractivity contribution in [2.24, 2.45) is 0 Å². The molecule has 0 saturated carbocycles. The predicted molar refractivity (Wildman–Crippen MR) is 63.3 cm³/mol. The Morgan fingerprint density at radius 3 is 2.63 bits per heavy atom. The zero-order chi connectivity index (χ0) is 14.4. The van der Waals surface area contributed by atoms with Crippen LogP contribution in [0.5, 0.6) is 0 Å². The van der Waals surface area contributed by atoms with Crippen LogP contribution in [0.1, 0.15) is 29.6 Å². The summed E-state index contributed by atoms with van der Waals surface area (Å²) in [5.41, 5.74) is -0.684. The number of ether oxygens (including phenoxy) is 1. The average Bonchev–Trinajstić information content (AvgIpc) is 2.38. The van der Waals surface area contributed by atoms with Gasteiger partial charge in [0.25, 0.3) is 0 Å². The van der Waals surface area contributed by atoms with E-state index >= 15 is 0 Å². The fourth-order valence-corrected chi connectivity index (χ4v) is 1.47. The van der Waals surface area contributed by atoms with Crippen molar-refractivity contribution in [3.05, 3.63) is 39.7 Å². The molecule has 6 nitrogen and oxygen atoms in total. The number of nitro benzene ring substituents is 1. The monoisotopic (exact) mass is 269 g/mol. The van der Waals surface area contributed by atoms with Crippen molar-refractivity contribution in [3.8, 4) is 0 Å². The largest absolute Gasteiger partial charge is 0.469 e. The second-order valence-corrected chi connectivity index (χ2v) is 3.78. The minimum Gasteiger partial charge on any atom is -0.469 e. The molecule has 0 aliphatic rings. The Bertz CT molecular complexity index is 515. The van der Waals surface area contributed by atoms with Crippen LogP contribution >= 0.6 is 0 Å². The summed E-state index contributed by atoms with van der Waals surface area (Å²) in [6, 6.07) is 2.96. The molecule has 0 heterocycles. The second-order valence-electron chi connectivity index (χ2n) is 3.78. The van der Waals surface area contributed by atoms with Crippen LogP contribution in [0.15, 0.2) is 18.2 Å². The van der Waals surface area contributed by atoms with Crippen molar-refractivity contribution in [3.63, 3.8) is 0 Å². The Labute approximate surface area is 108 Å². The molecule has 1 rings (SSSR count). The van der Waals surface area contributed by atoms with Crippen molar-refractivity contribution < 1.29 is 23.6 Å². The van der Waals surface area contributed by atoms with Crippen molar-refractivity contribution in [2.45, 2.75) is 19.3 Å². The van der Waals surface area contributed by atoms with Gasteiger partial charge in [-0.3, -0.25) is 19.7 Å². The molecular formula is C12H12FNO5. The predicted octanol–water partition coefficient (Wildman–Crippen LogP) is 2.26. The number of rotatable bonds is 6. The van der Waals surface area contributed by atoms with Crippen molar-refractivity contribution in [1.82, 2.24) is 0 Å². The van der Waals surface area contributed by atoms with Crippen LogP contribution in [0.4, 0.5) is 10.1 Å². The molecule has 0 radical (unpaired) electrons. The van der Waals surface area contributed by atoms with Crippen molar-refractivity contribution >= 4 is 17.4 Å². The third kappa shape index (κ3) is 4.13. The van der Waals surface area contributed by atoms with Crippen molar-refractivity contribution in [2.75, 3.05) is 7.11 Å². The molecule has 7 heteroatoms. The quantitative estimate of drug-likeness (QED) is 0.342. The Morgan fingerprint density at radius 1 is 1.37 bits per heavy atom. The van der Waals surface area contributed by atoms with Gasteiger partial charge in [-0.05, 0) is 18.6 Å². The van der Waals surface area contributed by atoms with Gasteiger partial charge in [-0.2, -0.15) is 4.39 Å². The van der Waals surface area contributed by atoms with Gasteiger partial charge in [0.1, 0.15) is 0 Å². The van der Waals surface area contributed by atoms with Gasteiger partial charge in [0, 0.05) is 24.5 Å². The number of nitrogens with zero attached hydrogens (tertiary/aromatic N) is 1. The van der Waals surface area contributed by atoms with E-state index in [9.17, 15) is 24.1 Å². The Hall–Kier alpha value is -2.31. The highest BCUT2D eigenvalue weighted by Crippen LogP contribution is 2.19.